The van der Waals surface area contributed by atoms with Crippen LogP contribution in [0, 0.1) is 0 Å². The summed E-state index contributed by atoms with van der Waals surface area (Å²) in [4.78, 5) is 4.59. The van der Waals surface area contributed by atoms with Crippen molar-refractivity contribution in [1.82, 2.24) is 4.98 Å². The highest BCUT2D eigenvalue weighted by Crippen LogP contribution is 2.41. The van der Waals surface area contributed by atoms with Crippen LogP contribution in [0.4, 0.5) is 5.69 Å². The second kappa shape index (κ2) is 4.46. The van der Waals surface area contributed by atoms with Gasteiger partial charge in [0, 0.05) is 5.39 Å². The molecule has 0 bridgehead atoms. The first-order chi connectivity index (χ1) is 10.2. The molecule has 4 rings (SSSR count). The fourth-order valence-corrected chi connectivity index (χ4v) is 3.50. The summed E-state index contributed by atoms with van der Waals surface area (Å²) in [6, 6.07) is 17.7. The molecule has 0 unspecified atom stereocenters. The number of nitrogens with zero attached hydrogens (tertiary/aromatic N) is 1. The van der Waals surface area contributed by atoms with E-state index in [1.165, 1.54) is 0 Å². The zero-order valence-electron chi connectivity index (χ0n) is 11.1. The van der Waals surface area contributed by atoms with E-state index >= 15 is 0 Å². The first-order valence-electron chi connectivity index (χ1n) is 6.60. The maximum absolute atomic E-state index is 10.4. The molecule has 3 N–H and O–H groups in total. The number of aromatic nitrogens is 1. The average Bonchev–Trinajstić information content (AvgIpc) is 2.94. The van der Waals surface area contributed by atoms with E-state index in [0.29, 0.717) is 11.3 Å². The van der Waals surface area contributed by atoms with Crippen LogP contribution < -0.4 is 5.73 Å². The highest BCUT2D eigenvalue weighted by molar-refractivity contribution is 7.21. The Kier molecular flexibility index (Phi) is 2.59. The molecule has 0 saturated heterocycles. The number of phenols is 1. The van der Waals surface area contributed by atoms with Gasteiger partial charge in [0.1, 0.15) is 10.8 Å². The Morgan fingerprint density at radius 2 is 1.76 bits per heavy atom. The fraction of sp³-hybridized carbons (Fsp3) is 0. The van der Waals surface area contributed by atoms with Crippen molar-refractivity contribution in [2.45, 2.75) is 0 Å². The standard InChI is InChI=1S/C17H12N2OS/c18-15-11-6-2-1-5-10(11)9-12(16(15)20)17-19-13-7-3-4-8-14(13)21-17/h1-9,20H,18H2. The van der Waals surface area contributed by atoms with Gasteiger partial charge in [0.2, 0.25) is 0 Å². The molecule has 0 aliphatic rings. The molecule has 4 heteroatoms. The topological polar surface area (TPSA) is 59.1 Å². The Morgan fingerprint density at radius 1 is 1.00 bits per heavy atom. The predicted octanol–water partition coefficient (Wildman–Crippen LogP) is 4.40. The number of aromatic hydroxyl groups is 1. The summed E-state index contributed by atoms with van der Waals surface area (Å²) in [5.74, 6) is 0.104. The van der Waals surface area contributed by atoms with Crippen molar-refractivity contribution < 1.29 is 5.11 Å². The van der Waals surface area contributed by atoms with Crippen LogP contribution in [-0.2, 0) is 0 Å². The van der Waals surface area contributed by atoms with Crippen molar-refractivity contribution in [3.05, 3.63) is 54.6 Å². The first-order valence-corrected chi connectivity index (χ1v) is 7.42. The maximum Gasteiger partial charge on any atom is 0.149 e. The van der Waals surface area contributed by atoms with Gasteiger partial charge in [0.15, 0.2) is 0 Å². The van der Waals surface area contributed by atoms with E-state index in [4.69, 9.17) is 5.73 Å². The van der Waals surface area contributed by atoms with E-state index in [2.05, 4.69) is 4.98 Å². The van der Waals surface area contributed by atoms with Crippen molar-refractivity contribution in [2.24, 2.45) is 0 Å². The molecular formula is C17H12N2OS. The van der Waals surface area contributed by atoms with Gasteiger partial charge in [0.05, 0.1) is 21.5 Å². The molecule has 102 valence electrons. The number of fused-ring (bicyclic) bond motifs is 2. The summed E-state index contributed by atoms with van der Waals surface area (Å²) in [7, 11) is 0. The number of para-hydroxylation sites is 1. The molecule has 1 heterocycles. The lowest BCUT2D eigenvalue weighted by molar-refractivity contribution is 0.480. The number of thiazole rings is 1. The molecule has 0 aliphatic carbocycles. The van der Waals surface area contributed by atoms with Crippen LogP contribution >= 0.6 is 11.3 Å². The van der Waals surface area contributed by atoms with Gasteiger partial charge in [-0.1, -0.05) is 36.4 Å². The summed E-state index contributed by atoms with van der Waals surface area (Å²) in [5, 5.41) is 13.1. The van der Waals surface area contributed by atoms with Gasteiger partial charge in [-0.2, -0.15) is 0 Å². The lowest BCUT2D eigenvalue weighted by atomic mass is 10.0. The zero-order valence-corrected chi connectivity index (χ0v) is 11.9. The monoisotopic (exact) mass is 292 g/mol. The minimum absolute atomic E-state index is 0.104. The first kappa shape index (κ1) is 12.2. The maximum atomic E-state index is 10.4. The van der Waals surface area contributed by atoms with E-state index < -0.39 is 0 Å². The lowest BCUT2D eigenvalue weighted by Gasteiger charge is -2.08. The molecule has 0 saturated carbocycles. The van der Waals surface area contributed by atoms with E-state index in [1.54, 1.807) is 11.3 Å². The van der Waals surface area contributed by atoms with Gasteiger partial charge in [-0.3, -0.25) is 0 Å². The van der Waals surface area contributed by atoms with Gasteiger partial charge in [0.25, 0.3) is 0 Å². The number of hydrogen-bond donors (Lipinski definition) is 2. The van der Waals surface area contributed by atoms with E-state index in [0.717, 1.165) is 26.0 Å². The molecule has 0 spiro atoms. The van der Waals surface area contributed by atoms with Gasteiger partial charge >= 0.3 is 0 Å². The van der Waals surface area contributed by atoms with Gasteiger partial charge in [-0.05, 0) is 23.6 Å². The van der Waals surface area contributed by atoms with Crippen molar-refractivity contribution in [2.75, 3.05) is 5.73 Å². The van der Waals surface area contributed by atoms with Gasteiger partial charge < -0.3 is 10.8 Å². The van der Waals surface area contributed by atoms with E-state index in [9.17, 15) is 5.11 Å². The smallest absolute Gasteiger partial charge is 0.149 e. The van der Waals surface area contributed by atoms with Crippen LogP contribution in [0.5, 0.6) is 5.75 Å². The molecule has 0 amide bonds. The van der Waals surface area contributed by atoms with Crippen molar-refractivity contribution in [1.29, 1.82) is 0 Å². The highest BCUT2D eigenvalue weighted by atomic mass is 32.1. The Bertz CT molecular complexity index is 942. The fourth-order valence-electron chi connectivity index (χ4n) is 2.52. The van der Waals surface area contributed by atoms with Crippen LogP contribution in [0.25, 0.3) is 31.6 Å². The number of nitrogens with two attached hydrogens (primary N) is 1. The summed E-state index contributed by atoms with van der Waals surface area (Å²) >= 11 is 1.56. The number of benzene rings is 3. The third-order valence-electron chi connectivity index (χ3n) is 3.59. The Balaban J connectivity index is 2.03. The van der Waals surface area contributed by atoms with E-state index in [1.807, 2.05) is 54.6 Å². The molecule has 3 aromatic carbocycles. The highest BCUT2D eigenvalue weighted by Gasteiger charge is 2.15. The van der Waals surface area contributed by atoms with Crippen LogP contribution in [0.15, 0.2) is 54.6 Å². The summed E-state index contributed by atoms with van der Waals surface area (Å²) in [5.41, 5.74) is 8.10. The number of phenolic OH excluding ortho intramolecular Hbond substituents is 1. The van der Waals surface area contributed by atoms with Crippen molar-refractivity contribution in [3.63, 3.8) is 0 Å². The molecule has 0 atom stereocenters. The predicted molar refractivity (Wildman–Crippen MR) is 88.6 cm³/mol. The second-order valence-corrected chi connectivity index (χ2v) is 5.92. The molecular weight excluding hydrogens is 280 g/mol. The summed E-state index contributed by atoms with van der Waals surface area (Å²) in [6.07, 6.45) is 0. The van der Waals surface area contributed by atoms with Crippen LogP contribution in [0.2, 0.25) is 0 Å². The number of nitrogen functional groups attached to an aromatic ring is 1. The third kappa shape index (κ3) is 1.84. The average molecular weight is 292 g/mol. The van der Waals surface area contributed by atoms with E-state index in [-0.39, 0.29) is 5.75 Å². The normalized spacial score (nSPS) is 11.2. The molecule has 4 aromatic rings. The summed E-state index contributed by atoms with van der Waals surface area (Å²) in [6.45, 7) is 0. The van der Waals surface area contributed by atoms with Crippen molar-refractivity contribution >= 4 is 38.0 Å². The lowest BCUT2D eigenvalue weighted by Crippen LogP contribution is -1.90. The third-order valence-corrected chi connectivity index (χ3v) is 4.66. The van der Waals surface area contributed by atoms with Gasteiger partial charge in [-0.15, -0.1) is 11.3 Å². The van der Waals surface area contributed by atoms with Crippen LogP contribution in [-0.4, -0.2) is 10.1 Å². The van der Waals surface area contributed by atoms with Crippen LogP contribution in [0.3, 0.4) is 0 Å². The van der Waals surface area contributed by atoms with Crippen molar-refractivity contribution in [3.8, 4) is 16.3 Å². The molecule has 21 heavy (non-hydrogen) atoms. The molecule has 0 aliphatic heterocycles. The Morgan fingerprint density at radius 3 is 2.62 bits per heavy atom. The Labute approximate surface area is 125 Å². The minimum Gasteiger partial charge on any atom is -0.505 e. The Hall–Kier alpha value is -2.59. The number of rotatable bonds is 1. The largest absolute Gasteiger partial charge is 0.505 e. The minimum atomic E-state index is 0.104. The van der Waals surface area contributed by atoms with Gasteiger partial charge in [-0.25, -0.2) is 4.98 Å². The zero-order chi connectivity index (χ0) is 14.4. The second-order valence-electron chi connectivity index (χ2n) is 4.89. The number of hydrogen-bond acceptors (Lipinski definition) is 4. The SMILES string of the molecule is Nc1c(O)c(-c2nc3ccccc3s2)cc2ccccc12. The quantitative estimate of drug-likeness (QED) is 0.404. The summed E-state index contributed by atoms with van der Waals surface area (Å²) < 4.78 is 1.10. The van der Waals surface area contributed by atoms with Crippen LogP contribution in [0.1, 0.15) is 0 Å². The molecule has 3 nitrogen and oxygen atoms in total. The molecule has 0 fully saturated rings. The molecule has 0 radical (unpaired) electrons. The number of anilines is 1. The molecule has 1 aromatic heterocycles.